The van der Waals surface area contributed by atoms with E-state index in [0.29, 0.717) is 6.61 Å². The molecule has 3 heterocycles. The fourth-order valence-electron chi connectivity index (χ4n) is 3.73. The lowest BCUT2D eigenvalue weighted by Gasteiger charge is -2.22. The first-order valence-corrected chi connectivity index (χ1v) is 8.81. The normalized spacial score (nSPS) is 33.7. The van der Waals surface area contributed by atoms with Gasteiger partial charge in [0, 0.05) is 0 Å². The molecule has 0 saturated carbocycles. The molecule has 1 unspecified atom stereocenters. The Kier molecular flexibility index (Phi) is 4.32. The van der Waals surface area contributed by atoms with Gasteiger partial charge in [0.2, 0.25) is 0 Å². The van der Waals surface area contributed by atoms with E-state index in [1.54, 1.807) is 0 Å². The summed E-state index contributed by atoms with van der Waals surface area (Å²) < 4.78 is 29.5. The summed E-state index contributed by atoms with van der Waals surface area (Å²) in [5, 5.41) is 10.3. The van der Waals surface area contributed by atoms with E-state index >= 15 is 0 Å². The lowest BCUT2D eigenvalue weighted by Crippen LogP contribution is -2.42. The van der Waals surface area contributed by atoms with Gasteiger partial charge in [-0.15, -0.1) is 0 Å². The average molecular weight is 352 g/mol. The van der Waals surface area contributed by atoms with Crippen LogP contribution in [0.4, 0.5) is 0 Å². The Hall–Kier alpha value is -1.67. The van der Waals surface area contributed by atoms with Gasteiger partial charge >= 0.3 is 14.2 Å². The van der Waals surface area contributed by atoms with Crippen molar-refractivity contribution >= 4 is 25.2 Å². The Labute approximate surface area is 152 Å². The van der Waals surface area contributed by atoms with Crippen LogP contribution in [0.15, 0.2) is 60.7 Å². The second-order valence-corrected chi connectivity index (χ2v) is 6.69. The molecule has 3 fully saturated rings. The number of hydrogen-bond acceptors (Lipinski definition) is 6. The van der Waals surface area contributed by atoms with Crippen molar-refractivity contribution in [3.8, 4) is 0 Å². The van der Waals surface area contributed by atoms with Crippen molar-refractivity contribution < 1.29 is 28.5 Å². The molecule has 0 amide bonds. The first-order valence-electron chi connectivity index (χ1n) is 8.81. The van der Waals surface area contributed by atoms with Gasteiger partial charge in [0.25, 0.3) is 0 Å². The lowest BCUT2D eigenvalue weighted by molar-refractivity contribution is -0.142. The van der Waals surface area contributed by atoms with Gasteiger partial charge in [0.15, 0.2) is 6.29 Å². The summed E-state index contributed by atoms with van der Waals surface area (Å²) in [4.78, 5) is 0. The maximum absolute atomic E-state index is 10.3. The topological polar surface area (TPSA) is 66.4 Å². The molecule has 5 atom stereocenters. The van der Waals surface area contributed by atoms with E-state index in [-0.39, 0.29) is 6.10 Å². The minimum Gasteiger partial charge on any atom is -0.405 e. The average Bonchev–Trinajstić information content (AvgIpc) is 3.40. The van der Waals surface area contributed by atoms with E-state index in [1.807, 2.05) is 60.7 Å². The van der Waals surface area contributed by atoms with Crippen LogP contribution in [-0.2, 0) is 23.4 Å². The molecule has 2 aromatic carbocycles. The summed E-state index contributed by atoms with van der Waals surface area (Å²) >= 11 is 0. The maximum atomic E-state index is 10.3. The van der Waals surface area contributed by atoms with Crippen molar-refractivity contribution in [3.63, 3.8) is 0 Å². The van der Waals surface area contributed by atoms with Crippen LogP contribution in [0.1, 0.15) is 0 Å². The highest BCUT2D eigenvalue weighted by molar-refractivity contribution is 6.62. The smallest absolute Gasteiger partial charge is 0.405 e. The Morgan fingerprint density at radius 1 is 0.731 bits per heavy atom. The van der Waals surface area contributed by atoms with Crippen LogP contribution in [0, 0.1) is 0 Å². The van der Waals surface area contributed by atoms with E-state index < -0.39 is 38.8 Å². The number of aliphatic hydroxyl groups excluding tert-OH is 1. The maximum Gasteiger partial charge on any atom is 0.494 e. The molecular formula is C18H18B2O6. The molecule has 0 aliphatic carbocycles. The van der Waals surface area contributed by atoms with Crippen molar-refractivity contribution in [3.05, 3.63) is 60.7 Å². The Balaban J connectivity index is 1.30. The highest BCUT2D eigenvalue weighted by Gasteiger charge is 2.57. The van der Waals surface area contributed by atoms with E-state index in [0.717, 1.165) is 10.9 Å². The number of hydrogen-bond donors (Lipinski definition) is 1. The molecule has 132 valence electrons. The molecule has 3 saturated heterocycles. The quantitative estimate of drug-likeness (QED) is 0.765. The third-order valence-corrected chi connectivity index (χ3v) is 5.01. The second kappa shape index (κ2) is 6.81. The lowest BCUT2D eigenvalue weighted by atomic mass is 9.79. The van der Waals surface area contributed by atoms with Crippen LogP contribution in [0.5, 0.6) is 0 Å². The SMILES string of the molecule is OC1O[C@H]([C@H]2COB(c3ccccc3)O2)[C@@H]2OB(c3ccccc3)O[C@H]12. The molecule has 3 aliphatic rings. The summed E-state index contributed by atoms with van der Waals surface area (Å²) in [6.07, 6.45) is -2.76. The zero-order valence-electron chi connectivity index (χ0n) is 14.0. The number of aliphatic hydroxyl groups is 1. The van der Waals surface area contributed by atoms with Crippen molar-refractivity contribution in [2.45, 2.75) is 30.7 Å². The van der Waals surface area contributed by atoms with E-state index in [1.165, 1.54) is 0 Å². The number of benzene rings is 2. The summed E-state index contributed by atoms with van der Waals surface area (Å²) in [5.41, 5.74) is 1.87. The molecule has 1 N–H and O–H groups in total. The number of ether oxygens (including phenoxy) is 1. The van der Waals surface area contributed by atoms with Gasteiger partial charge in [-0.3, -0.25) is 0 Å². The van der Waals surface area contributed by atoms with Crippen LogP contribution in [0.3, 0.4) is 0 Å². The molecule has 0 aromatic heterocycles. The second-order valence-electron chi connectivity index (χ2n) is 6.69. The third-order valence-electron chi connectivity index (χ3n) is 5.01. The summed E-state index contributed by atoms with van der Waals surface area (Å²) in [6, 6.07) is 19.4. The van der Waals surface area contributed by atoms with E-state index in [2.05, 4.69) is 0 Å². The van der Waals surface area contributed by atoms with Crippen molar-refractivity contribution in [1.82, 2.24) is 0 Å². The van der Waals surface area contributed by atoms with Crippen LogP contribution < -0.4 is 10.9 Å². The molecule has 8 heteroatoms. The molecule has 0 radical (unpaired) electrons. The van der Waals surface area contributed by atoms with Gasteiger partial charge in [-0.25, -0.2) is 0 Å². The minimum atomic E-state index is -1.04. The first kappa shape index (κ1) is 16.5. The van der Waals surface area contributed by atoms with Crippen LogP contribution >= 0.6 is 0 Å². The summed E-state index contributed by atoms with van der Waals surface area (Å²) in [5.74, 6) is 0. The first-order chi connectivity index (χ1) is 12.8. The third kappa shape index (κ3) is 2.89. The van der Waals surface area contributed by atoms with Crippen molar-refractivity contribution in [2.75, 3.05) is 6.61 Å². The standard InChI is InChI=1S/C18H18B2O6/c21-18-17-16(25-20(26-17)13-9-5-2-6-10-13)15(23-18)14-11-22-19(24-14)12-7-3-1-4-8-12/h1-10,14-18,21H,11H2/t14-,15-,16+,17+,18?/m1/s1. The van der Waals surface area contributed by atoms with Gasteiger partial charge in [-0.2, -0.15) is 0 Å². The van der Waals surface area contributed by atoms with E-state index in [4.69, 9.17) is 23.4 Å². The van der Waals surface area contributed by atoms with Gasteiger partial charge < -0.3 is 28.5 Å². The highest BCUT2D eigenvalue weighted by atomic mass is 16.7. The largest absolute Gasteiger partial charge is 0.494 e. The zero-order valence-corrected chi connectivity index (χ0v) is 14.0. The molecule has 2 aromatic rings. The Morgan fingerprint density at radius 2 is 1.35 bits per heavy atom. The van der Waals surface area contributed by atoms with Crippen LogP contribution in [-0.4, -0.2) is 56.7 Å². The highest BCUT2D eigenvalue weighted by Crippen LogP contribution is 2.35. The van der Waals surface area contributed by atoms with Gasteiger partial charge in [0.05, 0.1) is 12.7 Å². The molecule has 0 spiro atoms. The molecule has 3 aliphatic heterocycles. The molecule has 6 nitrogen and oxygen atoms in total. The minimum absolute atomic E-state index is 0.331. The number of rotatable bonds is 3. The summed E-state index contributed by atoms with van der Waals surface area (Å²) in [6.45, 7) is 0.375. The Bertz CT molecular complexity index is 748. The zero-order chi connectivity index (χ0) is 17.5. The van der Waals surface area contributed by atoms with Crippen LogP contribution in [0.25, 0.3) is 0 Å². The van der Waals surface area contributed by atoms with Crippen molar-refractivity contribution in [1.29, 1.82) is 0 Å². The fraction of sp³-hybridized carbons (Fsp3) is 0.333. The predicted molar refractivity (Wildman–Crippen MR) is 95.1 cm³/mol. The van der Waals surface area contributed by atoms with Gasteiger partial charge in [-0.1, -0.05) is 60.7 Å². The van der Waals surface area contributed by atoms with Crippen molar-refractivity contribution in [2.24, 2.45) is 0 Å². The molecule has 5 rings (SSSR count). The van der Waals surface area contributed by atoms with E-state index in [9.17, 15) is 5.11 Å². The van der Waals surface area contributed by atoms with Gasteiger partial charge in [0.1, 0.15) is 18.3 Å². The summed E-state index contributed by atoms with van der Waals surface area (Å²) in [7, 11) is -0.951. The molecule has 26 heavy (non-hydrogen) atoms. The predicted octanol–water partition coefficient (Wildman–Crippen LogP) is -0.306. The molecule has 0 bridgehead atoms. The van der Waals surface area contributed by atoms with Crippen LogP contribution in [0.2, 0.25) is 0 Å². The number of fused-ring (bicyclic) bond motifs is 1. The fourth-order valence-corrected chi connectivity index (χ4v) is 3.73. The monoisotopic (exact) mass is 352 g/mol. The molecular weight excluding hydrogens is 334 g/mol. The van der Waals surface area contributed by atoms with Gasteiger partial charge in [-0.05, 0) is 10.9 Å². The Morgan fingerprint density at radius 3 is 2.04 bits per heavy atom.